The summed E-state index contributed by atoms with van der Waals surface area (Å²) in [7, 11) is 0. The van der Waals surface area contributed by atoms with E-state index in [9.17, 15) is 0 Å². The highest BCUT2D eigenvalue weighted by atomic mass is 16.5. The van der Waals surface area contributed by atoms with Crippen molar-refractivity contribution in [3.63, 3.8) is 0 Å². The molecule has 4 heteroatoms. The molecule has 4 nitrogen and oxygen atoms in total. The summed E-state index contributed by atoms with van der Waals surface area (Å²) in [6.45, 7) is 0.713. The SMILES string of the molecule is c1ccc(-c2ccc(NC3CCOc4ccccc43)nn2)cc1. The van der Waals surface area contributed by atoms with Crippen LogP contribution in [0.4, 0.5) is 5.82 Å². The number of fused-ring (bicyclic) bond motifs is 1. The van der Waals surface area contributed by atoms with E-state index in [1.165, 1.54) is 5.56 Å². The minimum Gasteiger partial charge on any atom is -0.493 e. The number of hydrogen-bond acceptors (Lipinski definition) is 4. The van der Waals surface area contributed by atoms with E-state index in [0.717, 1.165) is 29.2 Å². The van der Waals surface area contributed by atoms with Crippen LogP contribution in [-0.2, 0) is 0 Å². The average molecular weight is 303 g/mol. The molecule has 0 bridgehead atoms. The maximum Gasteiger partial charge on any atom is 0.149 e. The van der Waals surface area contributed by atoms with E-state index >= 15 is 0 Å². The Morgan fingerprint density at radius 1 is 0.870 bits per heavy atom. The summed E-state index contributed by atoms with van der Waals surface area (Å²) in [5.74, 6) is 1.73. The first kappa shape index (κ1) is 13.8. The highest BCUT2D eigenvalue weighted by Gasteiger charge is 2.21. The second-order valence-corrected chi connectivity index (χ2v) is 5.54. The third-order valence-corrected chi connectivity index (χ3v) is 4.01. The van der Waals surface area contributed by atoms with Gasteiger partial charge in [-0.1, -0.05) is 48.5 Å². The third-order valence-electron chi connectivity index (χ3n) is 4.01. The molecule has 1 atom stereocenters. The topological polar surface area (TPSA) is 47.0 Å². The van der Waals surface area contributed by atoms with Crippen LogP contribution in [0.3, 0.4) is 0 Å². The number of ether oxygens (including phenoxy) is 1. The number of aromatic nitrogens is 2. The zero-order valence-electron chi connectivity index (χ0n) is 12.6. The number of rotatable bonds is 3. The molecule has 3 aromatic rings. The Kier molecular flexibility index (Phi) is 3.64. The van der Waals surface area contributed by atoms with Crippen LogP contribution in [0.25, 0.3) is 11.3 Å². The van der Waals surface area contributed by atoms with Crippen molar-refractivity contribution in [2.45, 2.75) is 12.5 Å². The smallest absolute Gasteiger partial charge is 0.149 e. The molecule has 0 spiro atoms. The van der Waals surface area contributed by atoms with Crippen LogP contribution in [0.2, 0.25) is 0 Å². The summed E-state index contributed by atoms with van der Waals surface area (Å²) in [5.41, 5.74) is 3.12. The van der Waals surface area contributed by atoms with Crippen LogP contribution < -0.4 is 10.1 Å². The van der Waals surface area contributed by atoms with Gasteiger partial charge in [-0.05, 0) is 18.2 Å². The minimum atomic E-state index is 0.205. The average Bonchev–Trinajstić information content (AvgIpc) is 2.63. The summed E-state index contributed by atoms with van der Waals surface area (Å²) in [6, 6.07) is 22.4. The van der Waals surface area contributed by atoms with Crippen molar-refractivity contribution in [2.24, 2.45) is 0 Å². The Morgan fingerprint density at radius 3 is 2.52 bits per heavy atom. The molecule has 4 rings (SSSR count). The summed E-state index contributed by atoms with van der Waals surface area (Å²) in [4.78, 5) is 0. The zero-order chi connectivity index (χ0) is 15.5. The molecule has 23 heavy (non-hydrogen) atoms. The molecule has 0 saturated carbocycles. The fraction of sp³-hybridized carbons (Fsp3) is 0.158. The Labute approximate surface area is 135 Å². The molecule has 2 aromatic carbocycles. The van der Waals surface area contributed by atoms with Gasteiger partial charge in [0, 0.05) is 17.5 Å². The monoisotopic (exact) mass is 303 g/mol. The van der Waals surface area contributed by atoms with E-state index in [1.807, 2.05) is 60.7 Å². The molecule has 1 aliphatic heterocycles. The summed E-state index contributed by atoms with van der Waals surface area (Å²) < 4.78 is 5.69. The lowest BCUT2D eigenvalue weighted by Gasteiger charge is -2.26. The Hall–Kier alpha value is -2.88. The van der Waals surface area contributed by atoms with Crippen LogP contribution in [-0.4, -0.2) is 16.8 Å². The fourth-order valence-corrected chi connectivity index (χ4v) is 2.84. The highest BCUT2D eigenvalue weighted by molar-refractivity contribution is 5.59. The molecule has 1 aromatic heterocycles. The largest absolute Gasteiger partial charge is 0.493 e. The maximum atomic E-state index is 5.69. The van der Waals surface area contributed by atoms with Crippen molar-refractivity contribution in [2.75, 3.05) is 11.9 Å². The number of para-hydroxylation sites is 1. The van der Waals surface area contributed by atoms with Crippen LogP contribution in [0.1, 0.15) is 18.0 Å². The van der Waals surface area contributed by atoms with Gasteiger partial charge in [0.25, 0.3) is 0 Å². The molecule has 0 aliphatic carbocycles. The number of anilines is 1. The van der Waals surface area contributed by atoms with E-state index in [-0.39, 0.29) is 6.04 Å². The first-order valence-corrected chi connectivity index (χ1v) is 7.77. The van der Waals surface area contributed by atoms with Gasteiger partial charge in [0.15, 0.2) is 0 Å². The van der Waals surface area contributed by atoms with E-state index in [1.54, 1.807) is 0 Å². The summed E-state index contributed by atoms with van der Waals surface area (Å²) in [6.07, 6.45) is 0.916. The number of nitrogens with zero attached hydrogens (tertiary/aromatic N) is 2. The maximum absolute atomic E-state index is 5.69. The van der Waals surface area contributed by atoms with E-state index in [0.29, 0.717) is 6.61 Å². The van der Waals surface area contributed by atoms with Crippen LogP contribution in [0.15, 0.2) is 66.7 Å². The summed E-state index contributed by atoms with van der Waals surface area (Å²) >= 11 is 0. The van der Waals surface area contributed by atoms with Gasteiger partial charge in [-0.2, -0.15) is 0 Å². The predicted octanol–water partition coefficient (Wildman–Crippen LogP) is 4.08. The second kappa shape index (κ2) is 6.08. The van der Waals surface area contributed by atoms with E-state index in [2.05, 4.69) is 21.6 Å². The normalized spacial score (nSPS) is 16.3. The Bertz CT molecular complexity index is 787. The van der Waals surface area contributed by atoms with Crippen molar-refractivity contribution in [3.8, 4) is 17.0 Å². The van der Waals surface area contributed by atoms with E-state index < -0.39 is 0 Å². The third kappa shape index (κ3) is 2.88. The van der Waals surface area contributed by atoms with Gasteiger partial charge in [0.05, 0.1) is 18.3 Å². The van der Waals surface area contributed by atoms with Crippen LogP contribution in [0, 0.1) is 0 Å². The van der Waals surface area contributed by atoms with Crippen LogP contribution in [0.5, 0.6) is 5.75 Å². The number of nitrogens with one attached hydrogen (secondary N) is 1. The highest BCUT2D eigenvalue weighted by Crippen LogP contribution is 2.33. The molecule has 0 saturated heterocycles. The molecule has 2 heterocycles. The first-order valence-electron chi connectivity index (χ1n) is 7.77. The Morgan fingerprint density at radius 2 is 1.70 bits per heavy atom. The minimum absolute atomic E-state index is 0.205. The fourth-order valence-electron chi connectivity index (χ4n) is 2.84. The molecular weight excluding hydrogens is 286 g/mol. The lowest BCUT2D eigenvalue weighted by molar-refractivity contribution is 0.274. The standard InChI is InChI=1S/C19H17N3O/c1-2-6-14(7-3-1)16-10-11-19(22-21-16)20-17-12-13-23-18-9-5-4-8-15(17)18/h1-11,17H,12-13H2,(H,20,22). The zero-order valence-corrected chi connectivity index (χ0v) is 12.6. The van der Waals surface area contributed by atoms with Crippen molar-refractivity contribution in [1.29, 1.82) is 0 Å². The number of hydrogen-bond donors (Lipinski definition) is 1. The lowest BCUT2D eigenvalue weighted by atomic mass is 10.0. The van der Waals surface area contributed by atoms with Gasteiger partial charge < -0.3 is 10.1 Å². The van der Waals surface area contributed by atoms with Gasteiger partial charge in [0.2, 0.25) is 0 Å². The Balaban J connectivity index is 1.54. The van der Waals surface area contributed by atoms with Crippen LogP contribution >= 0.6 is 0 Å². The molecule has 1 aliphatic rings. The molecule has 0 fully saturated rings. The number of benzene rings is 2. The van der Waals surface area contributed by atoms with Gasteiger partial charge in [0.1, 0.15) is 11.6 Å². The second-order valence-electron chi connectivity index (χ2n) is 5.54. The van der Waals surface area contributed by atoms with Crippen molar-refractivity contribution < 1.29 is 4.74 Å². The van der Waals surface area contributed by atoms with Gasteiger partial charge in [-0.25, -0.2) is 0 Å². The molecular formula is C19H17N3O. The molecule has 114 valence electrons. The lowest BCUT2D eigenvalue weighted by Crippen LogP contribution is -2.20. The van der Waals surface area contributed by atoms with Crippen molar-refractivity contribution >= 4 is 5.82 Å². The van der Waals surface area contributed by atoms with Gasteiger partial charge in [-0.3, -0.25) is 0 Å². The molecule has 0 amide bonds. The first-order chi connectivity index (χ1) is 11.4. The molecule has 1 N–H and O–H groups in total. The molecule has 0 radical (unpaired) electrons. The predicted molar refractivity (Wildman–Crippen MR) is 90.4 cm³/mol. The molecule has 1 unspecified atom stereocenters. The summed E-state index contributed by atoms with van der Waals surface area (Å²) in [5, 5.41) is 12.1. The van der Waals surface area contributed by atoms with Crippen molar-refractivity contribution in [1.82, 2.24) is 10.2 Å². The van der Waals surface area contributed by atoms with Gasteiger partial charge in [-0.15, -0.1) is 10.2 Å². The quantitative estimate of drug-likeness (QED) is 0.792. The van der Waals surface area contributed by atoms with E-state index in [4.69, 9.17) is 4.74 Å². The van der Waals surface area contributed by atoms with Gasteiger partial charge >= 0.3 is 0 Å². The van der Waals surface area contributed by atoms with Crippen molar-refractivity contribution in [3.05, 3.63) is 72.3 Å².